The normalized spacial score (nSPS) is 29.1. The van der Waals surface area contributed by atoms with E-state index in [0.717, 1.165) is 12.8 Å². The molecule has 2 bridgehead atoms. The molecule has 1 aromatic rings. The molecule has 0 saturated carbocycles. The summed E-state index contributed by atoms with van der Waals surface area (Å²) in [5.74, 6) is 0.702. The highest BCUT2D eigenvalue weighted by Gasteiger charge is 2.36. The first-order valence-corrected chi connectivity index (χ1v) is 8.12. The van der Waals surface area contributed by atoms with E-state index in [1.807, 2.05) is 0 Å². The van der Waals surface area contributed by atoms with Gasteiger partial charge in [-0.3, -0.25) is 10.1 Å². The SMILES string of the molecule is CN1C2CCCC1CC(Nc1ncc([N+](=O)[O-])cc1Br)C2. The molecule has 0 radical (unpaired) electrons. The molecule has 2 fully saturated rings. The van der Waals surface area contributed by atoms with Crippen LogP contribution in [0.25, 0.3) is 0 Å². The van der Waals surface area contributed by atoms with E-state index in [4.69, 9.17) is 0 Å². The van der Waals surface area contributed by atoms with Crippen molar-refractivity contribution in [1.82, 2.24) is 9.88 Å². The van der Waals surface area contributed by atoms with Gasteiger partial charge in [0, 0.05) is 24.2 Å². The Bertz CT molecular complexity index is 540. The molecule has 1 aromatic heterocycles. The van der Waals surface area contributed by atoms with Crippen molar-refractivity contribution in [2.24, 2.45) is 0 Å². The summed E-state index contributed by atoms with van der Waals surface area (Å²) in [4.78, 5) is 17.0. The number of pyridine rings is 1. The molecule has 114 valence electrons. The van der Waals surface area contributed by atoms with Gasteiger partial charge in [0.2, 0.25) is 0 Å². The van der Waals surface area contributed by atoms with E-state index < -0.39 is 4.92 Å². The molecule has 2 aliphatic heterocycles. The smallest absolute Gasteiger partial charge is 0.288 e. The second-order valence-corrected chi connectivity index (χ2v) is 6.85. The first-order valence-electron chi connectivity index (χ1n) is 7.33. The Labute approximate surface area is 132 Å². The van der Waals surface area contributed by atoms with Gasteiger partial charge in [0.1, 0.15) is 12.0 Å². The Hall–Kier alpha value is -1.21. The molecular weight excluding hydrogens is 336 g/mol. The molecular formula is C14H19BrN4O2. The molecule has 3 heterocycles. The van der Waals surface area contributed by atoms with Crippen LogP contribution >= 0.6 is 15.9 Å². The molecule has 2 aliphatic rings. The van der Waals surface area contributed by atoms with Gasteiger partial charge in [0.15, 0.2) is 0 Å². The second-order valence-electron chi connectivity index (χ2n) is 6.00. The zero-order valence-corrected chi connectivity index (χ0v) is 13.5. The summed E-state index contributed by atoms with van der Waals surface area (Å²) in [5, 5.41) is 14.2. The van der Waals surface area contributed by atoms with Crippen molar-refractivity contribution < 1.29 is 4.92 Å². The number of nitrogens with zero attached hydrogens (tertiary/aromatic N) is 3. The number of fused-ring (bicyclic) bond motifs is 2. The number of hydrogen-bond acceptors (Lipinski definition) is 5. The first kappa shape index (κ1) is 14.7. The number of piperidine rings is 2. The lowest BCUT2D eigenvalue weighted by Crippen LogP contribution is -2.52. The van der Waals surface area contributed by atoms with Gasteiger partial charge in [0.25, 0.3) is 5.69 Å². The average Bonchev–Trinajstić information content (AvgIpc) is 2.42. The number of rotatable bonds is 3. The third-order valence-corrected chi connectivity index (χ3v) is 5.32. The van der Waals surface area contributed by atoms with Crippen LogP contribution < -0.4 is 5.32 Å². The molecule has 2 saturated heterocycles. The fraction of sp³-hybridized carbons (Fsp3) is 0.643. The van der Waals surface area contributed by atoms with Crippen LogP contribution in [0.5, 0.6) is 0 Å². The lowest BCUT2D eigenvalue weighted by Gasteiger charge is -2.47. The Morgan fingerprint density at radius 2 is 2.10 bits per heavy atom. The maximum absolute atomic E-state index is 10.7. The zero-order chi connectivity index (χ0) is 15.0. The molecule has 21 heavy (non-hydrogen) atoms. The van der Waals surface area contributed by atoms with E-state index in [-0.39, 0.29) is 5.69 Å². The third kappa shape index (κ3) is 3.03. The van der Waals surface area contributed by atoms with Crippen molar-refractivity contribution in [3.05, 3.63) is 26.9 Å². The Kier molecular flexibility index (Phi) is 4.12. The van der Waals surface area contributed by atoms with Crippen molar-refractivity contribution >= 4 is 27.4 Å². The largest absolute Gasteiger partial charge is 0.366 e. The minimum atomic E-state index is -0.429. The summed E-state index contributed by atoms with van der Waals surface area (Å²) >= 11 is 3.38. The standard InChI is InChI=1S/C14H19BrN4O2/c1-18-10-3-2-4-11(18)6-9(5-10)17-14-13(15)7-12(8-16-14)19(20)21/h7-11H,2-6H2,1H3,(H,16,17). The Morgan fingerprint density at radius 3 is 2.67 bits per heavy atom. The number of aromatic nitrogens is 1. The first-order chi connectivity index (χ1) is 10.0. The predicted octanol–water partition coefficient (Wildman–Crippen LogP) is 3.18. The van der Waals surface area contributed by atoms with Gasteiger partial charge in [0.05, 0.1) is 9.40 Å². The highest BCUT2D eigenvalue weighted by atomic mass is 79.9. The third-order valence-electron chi connectivity index (χ3n) is 4.72. The van der Waals surface area contributed by atoms with Crippen LogP contribution in [0.2, 0.25) is 0 Å². The van der Waals surface area contributed by atoms with Crippen molar-refractivity contribution in [3.8, 4) is 0 Å². The molecule has 0 aromatic carbocycles. The summed E-state index contributed by atoms with van der Waals surface area (Å²) in [6.45, 7) is 0. The van der Waals surface area contributed by atoms with E-state index in [2.05, 4.69) is 38.2 Å². The number of nitrogens with one attached hydrogen (secondary N) is 1. The minimum absolute atomic E-state index is 0.00710. The summed E-state index contributed by atoms with van der Waals surface area (Å²) in [6, 6.07) is 3.19. The number of halogens is 1. The van der Waals surface area contributed by atoms with Crippen LogP contribution in [0.15, 0.2) is 16.7 Å². The molecule has 0 amide bonds. The zero-order valence-electron chi connectivity index (χ0n) is 12.0. The monoisotopic (exact) mass is 354 g/mol. The molecule has 0 spiro atoms. The van der Waals surface area contributed by atoms with Crippen molar-refractivity contribution in [3.63, 3.8) is 0 Å². The van der Waals surface area contributed by atoms with Crippen molar-refractivity contribution in [2.75, 3.05) is 12.4 Å². The predicted molar refractivity (Wildman–Crippen MR) is 84.4 cm³/mol. The second kappa shape index (κ2) is 5.88. The topological polar surface area (TPSA) is 71.3 Å². The van der Waals surface area contributed by atoms with Crippen LogP contribution in [-0.4, -0.2) is 40.0 Å². The summed E-state index contributed by atoms with van der Waals surface area (Å²) in [6.07, 6.45) is 7.38. The lowest BCUT2D eigenvalue weighted by molar-refractivity contribution is -0.385. The Morgan fingerprint density at radius 1 is 1.43 bits per heavy atom. The van der Waals surface area contributed by atoms with E-state index in [0.29, 0.717) is 28.4 Å². The van der Waals surface area contributed by atoms with Gasteiger partial charge in [-0.2, -0.15) is 0 Å². The molecule has 2 unspecified atom stereocenters. The number of nitro groups is 1. The van der Waals surface area contributed by atoms with E-state index in [1.165, 1.54) is 31.5 Å². The summed E-state index contributed by atoms with van der Waals surface area (Å²) < 4.78 is 0.654. The van der Waals surface area contributed by atoms with Gasteiger partial charge in [-0.25, -0.2) is 4.98 Å². The van der Waals surface area contributed by atoms with Gasteiger partial charge in [-0.15, -0.1) is 0 Å². The van der Waals surface area contributed by atoms with Gasteiger partial charge in [-0.05, 0) is 48.7 Å². The van der Waals surface area contributed by atoms with E-state index in [1.54, 1.807) is 0 Å². The molecule has 7 heteroatoms. The molecule has 3 rings (SSSR count). The molecule has 6 nitrogen and oxygen atoms in total. The number of anilines is 1. The van der Waals surface area contributed by atoms with Gasteiger partial charge < -0.3 is 10.2 Å². The lowest BCUT2D eigenvalue weighted by atomic mass is 9.82. The highest BCUT2D eigenvalue weighted by Crippen LogP contribution is 2.34. The van der Waals surface area contributed by atoms with Crippen molar-refractivity contribution in [2.45, 2.75) is 50.2 Å². The van der Waals surface area contributed by atoms with Gasteiger partial charge in [-0.1, -0.05) is 6.42 Å². The molecule has 2 atom stereocenters. The molecule has 0 aliphatic carbocycles. The van der Waals surface area contributed by atoms with Crippen LogP contribution in [0.1, 0.15) is 32.1 Å². The Balaban J connectivity index is 1.71. The van der Waals surface area contributed by atoms with Crippen LogP contribution in [0, 0.1) is 10.1 Å². The van der Waals surface area contributed by atoms with Crippen molar-refractivity contribution in [1.29, 1.82) is 0 Å². The quantitative estimate of drug-likeness (QED) is 0.666. The van der Waals surface area contributed by atoms with Gasteiger partial charge >= 0.3 is 0 Å². The fourth-order valence-corrected chi connectivity index (χ4v) is 4.01. The van der Waals surface area contributed by atoms with Crippen LogP contribution in [0.3, 0.4) is 0 Å². The average molecular weight is 355 g/mol. The summed E-state index contributed by atoms with van der Waals surface area (Å²) in [7, 11) is 2.23. The van der Waals surface area contributed by atoms with E-state index >= 15 is 0 Å². The molecule has 1 N–H and O–H groups in total. The highest BCUT2D eigenvalue weighted by molar-refractivity contribution is 9.10. The van der Waals surface area contributed by atoms with E-state index in [9.17, 15) is 10.1 Å². The number of hydrogen-bond donors (Lipinski definition) is 1. The maximum Gasteiger partial charge on any atom is 0.288 e. The minimum Gasteiger partial charge on any atom is -0.366 e. The summed E-state index contributed by atoms with van der Waals surface area (Å²) in [5.41, 5.74) is 0.00710. The maximum atomic E-state index is 10.7. The van der Waals surface area contributed by atoms with Crippen LogP contribution in [-0.2, 0) is 0 Å². The fourth-order valence-electron chi connectivity index (χ4n) is 3.56. The van der Waals surface area contributed by atoms with Crippen LogP contribution in [0.4, 0.5) is 11.5 Å².